The molecular formula is C62H186O25Si22. The van der Waals surface area contributed by atoms with Crippen molar-refractivity contribution in [1.29, 1.82) is 0 Å². The van der Waals surface area contributed by atoms with Gasteiger partial charge in [0.2, 0.25) is 0 Å². The van der Waals surface area contributed by atoms with Gasteiger partial charge in [-0.25, -0.2) is 0 Å². The number of aliphatic hydroxyl groups is 2. The first kappa shape index (κ1) is 131. The van der Waals surface area contributed by atoms with Crippen molar-refractivity contribution in [2.75, 3.05) is 39.6 Å². The fourth-order valence-electron chi connectivity index (χ4n) is 14.3. The third-order valence-electron chi connectivity index (χ3n) is 13.0. The number of hydrogen-bond acceptors (Lipinski definition) is 25. The van der Waals surface area contributed by atoms with Crippen LogP contribution in [0.5, 0.6) is 0 Å². The molecule has 0 atom stereocenters. The Bertz CT molecular complexity index is 2330. The second-order valence-electron chi connectivity index (χ2n) is 36.5. The molecular weight excluding hydrogens is 1760 g/mol. The van der Waals surface area contributed by atoms with Crippen LogP contribution >= 0.6 is 0 Å². The quantitative estimate of drug-likeness (QED) is 0.0424. The molecule has 0 rings (SSSR count). The summed E-state index contributed by atoms with van der Waals surface area (Å²) in [6.07, 6.45) is 1.26. The molecule has 109 heavy (non-hydrogen) atoms. The zero-order valence-corrected chi connectivity index (χ0v) is 94.4. The molecule has 0 saturated carbocycles. The van der Waals surface area contributed by atoms with Crippen LogP contribution < -0.4 is 0 Å². The van der Waals surface area contributed by atoms with Crippen LogP contribution in [0, 0.1) is 0 Å². The highest BCUT2D eigenvalue weighted by molar-refractivity contribution is 6.97. The third kappa shape index (κ3) is 63.4. The number of ether oxygens (including phenoxy) is 2. The highest BCUT2D eigenvalue weighted by Gasteiger charge is 2.55. The van der Waals surface area contributed by atoms with Gasteiger partial charge in [0.15, 0.2) is 16.6 Å². The largest absolute Gasteiger partial charge is 0.436 e. The monoisotopic (exact) mass is 1950 g/mol. The molecule has 0 aliphatic rings. The molecule has 25 nitrogen and oxygen atoms in total. The van der Waals surface area contributed by atoms with Gasteiger partial charge < -0.3 is 106 Å². The van der Waals surface area contributed by atoms with E-state index >= 15 is 0 Å². The van der Waals surface area contributed by atoms with Crippen molar-refractivity contribution < 1.29 is 106 Å². The summed E-state index contributed by atoms with van der Waals surface area (Å²) < 4.78 is 157. The molecule has 0 aromatic rings. The van der Waals surface area contributed by atoms with E-state index < -0.39 is 188 Å². The third-order valence-corrected chi connectivity index (χ3v) is 98.9. The van der Waals surface area contributed by atoms with E-state index in [9.17, 15) is 0 Å². The fraction of sp³-hybridized carbons (Fsp3) is 1.00. The first-order valence-corrected chi connectivity index (χ1v) is 98.6. The minimum Gasteiger partial charge on any atom is -0.436 e. The van der Waals surface area contributed by atoms with Crippen LogP contribution in [0.2, 0.25) is 300 Å². The van der Waals surface area contributed by atoms with Gasteiger partial charge in [-0.2, -0.15) is 0 Å². The molecule has 0 heterocycles. The fourth-order valence-corrected chi connectivity index (χ4v) is 128. The van der Waals surface area contributed by atoms with Crippen LogP contribution in [0.3, 0.4) is 0 Å². The van der Waals surface area contributed by atoms with E-state index in [1.807, 2.05) is 0 Å². The maximum atomic E-state index is 9.11. The standard InChI is InChI=1S/C54H154O25Si22.8CH4/c1-80(2,53-51-57-49-45-47-55)59-82(5,6)61-84(9,10)63-86(13,14)65-88(17,18)67-90(21,22)69-92(25,26)71-94(29,30)73-96(33,34)75-98(37,38)77-100(41,42)79-101(43,44)78-99(39,40)76-97(35,36)74-95(31,32)72-93(27,28)70-91(23,24)68-89(19,20)66-87(15,16)64-85(11,12)62-83(7,8)60-81(3,4)54-52-58-50-46-48-56;;;;;;;;/h55-56H,45-54H2,1-44H3;8*1H4. The lowest BCUT2D eigenvalue weighted by Gasteiger charge is -2.45. The lowest BCUT2D eigenvalue weighted by molar-refractivity contribution is 0.124. The molecule has 47 heteroatoms. The first-order chi connectivity index (χ1) is 44.0. The van der Waals surface area contributed by atoms with E-state index in [0.717, 1.165) is 12.1 Å². The van der Waals surface area contributed by atoms with E-state index in [1.54, 1.807) is 0 Å². The maximum Gasteiger partial charge on any atom is 0.314 e. The Balaban J connectivity index is -0.00000179. The molecule has 0 bridgehead atoms. The summed E-state index contributed by atoms with van der Waals surface area (Å²) in [6, 6.07) is 1.68. The van der Waals surface area contributed by atoms with Crippen molar-refractivity contribution in [2.45, 2.75) is 372 Å². The lowest BCUT2D eigenvalue weighted by atomic mass is 10.5. The van der Waals surface area contributed by atoms with Gasteiger partial charge in [-0.3, -0.25) is 0 Å². The molecule has 2 N–H and O–H groups in total. The van der Waals surface area contributed by atoms with Crippen LogP contribution in [0.25, 0.3) is 0 Å². The van der Waals surface area contributed by atoms with Crippen LogP contribution in [-0.2, 0) is 95.9 Å². The Kier molecular flexibility index (Phi) is 57.8. The Morgan fingerprint density at radius 2 is 0.239 bits per heavy atom. The molecule has 0 saturated heterocycles. The normalized spacial score (nSPS) is 14.6. The van der Waals surface area contributed by atoms with E-state index in [4.69, 9.17) is 106 Å². The van der Waals surface area contributed by atoms with Crippen molar-refractivity contribution in [2.24, 2.45) is 0 Å². The Labute approximate surface area is 700 Å². The average Bonchev–Trinajstić information content (AvgIpc) is 0.805. The van der Waals surface area contributed by atoms with Gasteiger partial charge in [0.25, 0.3) is 0 Å². The second-order valence-corrected chi connectivity index (χ2v) is 118. The molecule has 0 spiro atoms. The molecule has 0 unspecified atom stereocenters. The van der Waals surface area contributed by atoms with Crippen LogP contribution in [0.4, 0.5) is 0 Å². The van der Waals surface area contributed by atoms with E-state index in [1.165, 1.54) is 0 Å². The molecule has 0 aromatic carbocycles. The SMILES string of the molecule is C.C.C.C.C.C.C.C.C[Si](C)(CCOCCCO)O[Si](C)(C)O[Si](C)(C)O[Si](C)(C)O[Si](C)(C)O[Si](C)(C)O[Si](C)(C)O[Si](C)(C)O[Si](C)(C)O[Si](C)(C)O[Si](C)(C)O[Si](C)(C)O[Si](C)(C)O[Si](C)(C)O[Si](C)(C)O[Si](C)(C)O[Si](C)(C)O[Si](C)(C)O[Si](C)(C)O[Si](C)(C)O[Si](C)(C)O[Si](C)(C)CCOCCCO. The van der Waals surface area contributed by atoms with Gasteiger partial charge in [-0.05, 0) is 313 Å². The zero-order valence-electron chi connectivity index (χ0n) is 72.4. The highest BCUT2D eigenvalue weighted by Crippen LogP contribution is 2.36. The average molecular weight is 1950 g/mol. The lowest BCUT2D eigenvalue weighted by Crippen LogP contribution is -2.63. The summed E-state index contributed by atoms with van der Waals surface area (Å²) >= 11 is 0. The molecule has 0 aliphatic heterocycles. The number of rotatable bonds is 54. The van der Waals surface area contributed by atoms with Crippen LogP contribution in [0.1, 0.15) is 72.3 Å². The smallest absolute Gasteiger partial charge is 0.314 e. The topological polar surface area (TPSA) is 253 Å². The van der Waals surface area contributed by atoms with Crippen molar-refractivity contribution in [3.63, 3.8) is 0 Å². The maximum absolute atomic E-state index is 9.11. The molecule has 672 valence electrons. The number of hydrogen-bond donors (Lipinski definition) is 2. The second kappa shape index (κ2) is 48.1. The van der Waals surface area contributed by atoms with E-state index in [0.29, 0.717) is 39.3 Å². The summed E-state index contributed by atoms with van der Waals surface area (Å²) in [4.78, 5) is 0. The molecule has 0 aliphatic carbocycles. The highest BCUT2D eigenvalue weighted by atomic mass is 28.6. The predicted octanol–water partition coefficient (Wildman–Crippen LogP) is 21.7. The zero-order chi connectivity index (χ0) is 80.3. The summed E-state index contributed by atoms with van der Waals surface area (Å²) in [6.45, 7) is 93.7. The molecule has 0 aromatic heterocycles. The van der Waals surface area contributed by atoms with Crippen molar-refractivity contribution in [3.05, 3.63) is 0 Å². The van der Waals surface area contributed by atoms with Gasteiger partial charge in [-0.1, -0.05) is 59.4 Å². The Hall–Kier alpha value is 3.77. The van der Waals surface area contributed by atoms with Gasteiger partial charge in [-0.15, -0.1) is 0 Å². The van der Waals surface area contributed by atoms with Gasteiger partial charge in [0.1, 0.15) is 0 Å². The minimum atomic E-state index is -2.91. The summed E-state index contributed by atoms with van der Waals surface area (Å²) in [5, 5.41) is 18.2. The molecule has 0 amide bonds. The Morgan fingerprint density at radius 1 is 0.147 bits per heavy atom. The number of aliphatic hydroxyl groups excluding tert-OH is 2. The minimum absolute atomic E-state index is 0. The molecule has 0 fully saturated rings. The van der Waals surface area contributed by atoms with Crippen molar-refractivity contribution in [3.8, 4) is 0 Å². The predicted molar refractivity (Wildman–Crippen MR) is 516 cm³/mol. The van der Waals surface area contributed by atoms with Crippen molar-refractivity contribution in [1.82, 2.24) is 0 Å². The van der Waals surface area contributed by atoms with Crippen molar-refractivity contribution >= 4 is 188 Å². The molecule has 0 radical (unpaired) electrons. The van der Waals surface area contributed by atoms with Crippen LogP contribution in [-0.4, -0.2) is 238 Å². The Morgan fingerprint density at radius 3 is 0.330 bits per heavy atom. The van der Waals surface area contributed by atoms with E-state index in [2.05, 4.69) is 288 Å². The summed E-state index contributed by atoms with van der Waals surface area (Å²) in [7, 11) is -60.8. The first-order valence-electron chi connectivity index (χ1n) is 36.1. The van der Waals surface area contributed by atoms with Gasteiger partial charge in [0.05, 0.1) is 0 Å². The van der Waals surface area contributed by atoms with Crippen LogP contribution in [0.15, 0.2) is 0 Å². The summed E-state index contributed by atoms with van der Waals surface area (Å²) in [5.41, 5.74) is 0. The van der Waals surface area contributed by atoms with Gasteiger partial charge >= 0.3 is 171 Å². The van der Waals surface area contributed by atoms with Gasteiger partial charge in [0, 0.05) is 39.6 Å². The van der Waals surface area contributed by atoms with E-state index in [-0.39, 0.29) is 72.6 Å². The summed E-state index contributed by atoms with van der Waals surface area (Å²) in [5.74, 6) is 0.